The van der Waals surface area contributed by atoms with Gasteiger partial charge in [-0.25, -0.2) is 8.42 Å². The fourth-order valence-electron chi connectivity index (χ4n) is 5.00. The Morgan fingerprint density at radius 2 is 1.61 bits per heavy atom. The minimum Gasteiger partial charge on any atom is -0.481 e. The number of alkyl halides is 3. The molecule has 2 N–H and O–H groups in total. The Hall–Kier alpha value is -4.29. The van der Waals surface area contributed by atoms with E-state index in [9.17, 15) is 31.2 Å². The molecule has 1 heterocycles. The van der Waals surface area contributed by atoms with Gasteiger partial charge in [0.05, 0.1) is 22.6 Å². The number of thioether (sulfide) groups is 1. The van der Waals surface area contributed by atoms with Gasteiger partial charge in [-0.05, 0) is 58.7 Å². The number of carboxylic acids is 1. The predicted octanol–water partition coefficient (Wildman–Crippen LogP) is 6.38. The molecule has 7 nitrogen and oxygen atoms in total. The van der Waals surface area contributed by atoms with E-state index in [1.165, 1.54) is 48.2 Å². The molecule has 5 rings (SSSR count). The lowest BCUT2D eigenvalue weighted by Crippen LogP contribution is -2.47. The maximum Gasteiger partial charge on any atom is 0.416 e. The van der Waals surface area contributed by atoms with Crippen LogP contribution >= 0.6 is 11.8 Å². The normalized spacial score (nSPS) is 14.7. The molecule has 0 fully saturated rings. The standard InChI is InChI=1S/C32H27F3N2O5S2/c33-32(34,35)25-9-5-8-22(18-25)21-12-14-26(15-13-21)44(41,42)37-27-10-3-1-6-23(27)19-28(37)31(40)36-20-24-7-2-4-11-29(24)43-17-16-30(38)39/h1-15,18,28H,16-17,19-20H2,(H,36,40)(H,38,39)/t28-/m0/s1. The maximum atomic E-state index is 14.0. The zero-order chi connectivity index (χ0) is 31.5. The molecule has 4 aromatic carbocycles. The monoisotopic (exact) mass is 640 g/mol. The van der Waals surface area contributed by atoms with Crippen molar-refractivity contribution in [3.8, 4) is 11.1 Å². The van der Waals surface area contributed by atoms with Gasteiger partial charge in [0.2, 0.25) is 5.91 Å². The van der Waals surface area contributed by atoms with Crippen molar-refractivity contribution in [1.82, 2.24) is 5.32 Å². The molecule has 0 bridgehead atoms. The number of benzene rings is 4. The molecule has 0 saturated heterocycles. The molecule has 1 aliphatic heterocycles. The number of nitrogens with zero attached hydrogens (tertiary/aromatic N) is 1. The van der Waals surface area contributed by atoms with Gasteiger partial charge in [0.25, 0.3) is 10.0 Å². The lowest BCUT2D eigenvalue weighted by molar-refractivity contribution is -0.138. The molecule has 228 valence electrons. The molecule has 4 aromatic rings. The van der Waals surface area contributed by atoms with Gasteiger partial charge in [-0.1, -0.05) is 60.7 Å². The summed E-state index contributed by atoms with van der Waals surface area (Å²) < 4.78 is 68.7. The van der Waals surface area contributed by atoms with Gasteiger partial charge in [-0.2, -0.15) is 13.2 Å². The third kappa shape index (κ3) is 6.76. The molecule has 1 atom stereocenters. The van der Waals surface area contributed by atoms with Crippen LogP contribution in [0.5, 0.6) is 0 Å². The molecule has 0 radical (unpaired) electrons. The zero-order valence-electron chi connectivity index (χ0n) is 23.1. The molecule has 1 aliphatic rings. The van der Waals surface area contributed by atoms with Gasteiger partial charge < -0.3 is 10.4 Å². The third-order valence-electron chi connectivity index (χ3n) is 7.16. The summed E-state index contributed by atoms with van der Waals surface area (Å²) in [7, 11) is -4.26. The largest absolute Gasteiger partial charge is 0.481 e. The summed E-state index contributed by atoms with van der Waals surface area (Å²) in [6.45, 7) is 0.113. The van der Waals surface area contributed by atoms with Crippen LogP contribution in [0.25, 0.3) is 11.1 Å². The van der Waals surface area contributed by atoms with Crippen LogP contribution in [0.2, 0.25) is 0 Å². The number of carbonyl (C=O) groups excluding carboxylic acids is 1. The quantitative estimate of drug-likeness (QED) is 0.195. The number of nitrogens with one attached hydrogen (secondary N) is 1. The van der Waals surface area contributed by atoms with Crippen molar-refractivity contribution in [2.45, 2.75) is 41.4 Å². The van der Waals surface area contributed by atoms with E-state index in [1.807, 2.05) is 18.2 Å². The van der Waals surface area contributed by atoms with E-state index in [-0.39, 0.29) is 29.8 Å². The Kier molecular flexibility index (Phi) is 9.02. The highest BCUT2D eigenvalue weighted by Gasteiger charge is 2.42. The van der Waals surface area contributed by atoms with Crippen LogP contribution in [0.4, 0.5) is 18.9 Å². The fraction of sp³-hybridized carbons (Fsp3) is 0.188. The molecule has 44 heavy (non-hydrogen) atoms. The summed E-state index contributed by atoms with van der Waals surface area (Å²) in [6, 6.07) is 23.3. The number of aliphatic carboxylic acids is 1. The Morgan fingerprint density at radius 1 is 0.909 bits per heavy atom. The molecule has 1 amide bonds. The molecule has 0 saturated carbocycles. The number of carboxylic acid groups (broad SMARTS) is 1. The molecular weight excluding hydrogens is 613 g/mol. The molecule has 12 heteroatoms. The van der Waals surface area contributed by atoms with Crippen molar-refractivity contribution in [1.29, 1.82) is 0 Å². The van der Waals surface area contributed by atoms with Gasteiger partial charge in [0.15, 0.2) is 0 Å². The number of anilines is 1. The number of rotatable bonds is 10. The first-order valence-corrected chi connectivity index (χ1v) is 16.0. The van der Waals surface area contributed by atoms with Crippen LogP contribution in [0.15, 0.2) is 107 Å². The molecular formula is C32H27F3N2O5S2. The van der Waals surface area contributed by atoms with Crippen LogP contribution in [0.3, 0.4) is 0 Å². The van der Waals surface area contributed by atoms with Crippen molar-refractivity contribution >= 4 is 39.3 Å². The lowest BCUT2D eigenvalue weighted by atomic mass is 10.0. The van der Waals surface area contributed by atoms with Crippen molar-refractivity contribution in [2.24, 2.45) is 0 Å². The van der Waals surface area contributed by atoms with Crippen LogP contribution < -0.4 is 9.62 Å². The summed E-state index contributed by atoms with van der Waals surface area (Å²) in [5, 5.41) is 11.8. The minimum atomic E-state index is -4.51. The zero-order valence-corrected chi connectivity index (χ0v) is 24.8. The van der Waals surface area contributed by atoms with Crippen molar-refractivity contribution < 1.29 is 36.3 Å². The van der Waals surface area contributed by atoms with E-state index in [4.69, 9.17) is 5.11 Å². The number of fused-ring (bicyclic) bond motifs is 1. The SMILES string of the molecule is O=C(O)CCSc1ccccc1CNC(=O)[C@@H]1Cc2ccccc2N1S(=O)(=O)c1ccc(-c2cccc(C(F)(F)F)c2)cc1. The van der Waals surface area contributed by atoms with E-state index >= 15 is 0 Å². The van der Waals surface area contributed by atoms with E-state index in [2.05, 4.69) is 5.32 Å². The summed E-state index contributed by atoms with van der Waals surface area (Å²) in [4.78, 5) is 25.2. The Balaban J connectivity index is 1.38. The summed E-state index contributed by atoms with van der Waals surface area (Å²) >= 11 is 1.36. The van der Waals surface area contributed by atoms with E-state index in [1.54, 1.807) is 30.3 Å². The second kappa shape index (κ2) is 12.7. The Bertz CT molecular complexity index is 1790. The number of halogens is 3. The molecule has 0 unspecified atom stereocenters. The average Bonchev–Trinajstić information content (AvgIpc) is 3.41. The summed E-state index contributed by atoms with van der Waals surface area (Å²) in [5.74, 6) is -1.05. The molecule has 0 spiro atoms. The second-order valence-electron chi connectivity index (χ2n) is 10.1. The topological polar surface area (TPSA) is 104 Å². The van der Waals surface area contributed by atoms with Crippen LogP contribution in [0.1, 0.15) is 23.1 Å². The van der Waals surface area contributed by atoms with Crippen molar-refractivity contribution in [3.05, 3.63) is 114 Å². The van der Waals surface area contributed by atoms with Gasteiger partial charge in [-0.3, -0.25) is 13.9 Å². The van der Waals surface area contributed by atoms with E-state index in [0.717, 1.165) is 26.9 Å². The number of hydrogen-bond donors (Lipinski definition) is 2. The van der Waals surface area contributed by atoms with Gasteiger partial charge in [-0.15, -0.1) is 11.8 Å². The highest BCUT2D eigenvalue weighted by atomic mass is 32.2. The number of amides is 1. The minimum absolute atomic E-state index is 0.0144. The summed E-state index contributed by atoms with van der Waals surface area (Å²) in [6.07, 6.45) is -4.38. The third-order valence-corrected chi connectivity index (χ3v) is 10.1. The molecule has 0 aliphatic carbocycles. The first-order valence-electron chi connectivity index (χ1n) is 13.6. The first-order chi connectivity index (χ1) is 20.9. The van der Waals surface area contributed by atoms with Crippen LogP contribution in [0, 0.1) is 0 Å². The van der Waals surface area contributed by atoms with Crippen LogP contribution in [-0.4, -0.2) is 37.2 Å². The van der Waals surface area contributed by atoms with Crippen LogP contribution in [-0.2, 0) is 38.8 Å². The van der Waals surface area contributed by atoms with E-state index in [0.29, 0.717) is 22.6 Å². The second-order valence-corrected chi connectivity index (χ2v) is 13.0. The highest BCUT2D eigenvalue weighted by molar-refractivity contribution is 7.99. The number of sulfonamides is 1. The number of hydrogen-bond acceptors (Lipinski definition) is 5. The number of carbonyl (C=O) groups is 2. The van der Waals surface area contributed by atoms with Gasteiger partial charge >= 0.3 is 12.1 Å². The lowest BCUT2D eigenvalue weighted by Gasteiger charge is -2.26. The first kappa shape index (κ1) is 31.1. The maximum absolute atomic E-state index is 14.0. The highest BCUT2D eigenvalue weighted by Crippen LogP contribution is 2.38. The average molecular weight is 641 g/mol. The van der Waals surface area contributed by atoms with Gasteiger partial charge in [0.1, 0.15) is 6.04 Å². The Morgan fingerprint density at radius 3 is 2.34 bits per heavy atom. The predicted molar refractivity (Wildman–Crippen MR) is 162 cm³/mol. The molecule has 0 aromatic heterocycles. The van der Waals surface area contributed by atoms with Crippen molar-refractivity contribution in [2.75, 3.05) is 10.1 Å². The smallest absolute Gasteiger partial charge is 0.416 e. The van der Waals surface area contributed by atoms with E-state index < -0.39 is 39.7 Å². The Labute approximate surface area is 256 Å². The summed E-state index contributed by atoms with van der Waals surface area (Å²) in [5.41, 5.74) is 1.71. The number of para-hydroxylation sites is 1. The van der Waals surface area contributed by atoms with Crippen molar-refractivity contribution in [3.63, 3.8) is 0 Å². The van der Waals surface area contributed by atoms with Gasteiger partial charge in [0, 0.05) is 23.6 Å². The fourth-order valence-corrected chi connectivity index (χ4v) is 7.65.